The molecule has 2 amide bonds. The van der Waals surface area contributed by atoms with E-state index in [1.54, 1.807) is 12.1 Å². The standard InChI is InChI=1S/C33H48FN3O4/c1-4-41-32(40)33(25-8-6-5-7-9-25)14-16-36(17-15-33)31(39)28(19-23-10-12-26(34)13-11-23)35-30(38)27-18-24-20-29(27)37(21-24)22(2)3/h10-13,22,24-25,27-29H,4-9,14-21H2,1-3H3,(H,35,38)/t24-,27?,28+,29-/m0/s1. The van der Waals surface area contributed by atoms with Gasteiger partial charge in [-0.15, -0.1) is 0 Å². The number of halogens is 1. The molecule has 2 aliphatic heterocycles. The van der Waals surface area contributed by atoms with Gasteiger partial charge in [-0.25, -0.2) is 4.39 Å². The quantitative estimate of drug-likeness (QED) is 0.436. The van der Waals surface area contributed by atoms with E-state index in [1.807, 2.05) is 11.8 Å². The fraction of sp³-hybridized carbons (Fsp3) is 0.727. The van der Waals surface area contributed by atoms with Crippen molar-refractivity contribution < 1.29 is 23.5 Å². The van der Waals surface area contributed by atoms with Crippen molar-refractivity contribution >= 4 is 17.8 Å². The van der Waals surface area contributed by atoms with Gasteiger partial charge in [0.15, 0.2) is 0 Å². The van der Waals surface area contributed by atoms with Gasteiger partial charge in [-0.1, -0.05) is 31.4 Å². The maximum absolute atomic E-state index is 14.0. The molecule has 41 heavy (non-hydrogen) atoms. The third-order valence-corrected chi connectivity index (χ3v) is 10.5. The zero-order valence-electron chi connectivity index (χ0n) is 25.1. The summed E-state index contributed by atoms with van der Waals surface area (Å²) >= 11 is 0. The van der Waals surface area contributed by atoms with Gasteiger partial charge in [0.2, 0.25) is 11.8 Å². The van der Waals surface area contributed by atoms with Gasteiger partial charge in [-0.3, -0.25) is 19.3 Å². The number of amides is 2. The van der Waals surface area contributed by atoms with Crippen LogP contribution in [0.4, 0.5) is 4.39 Å². The second-order valence-electron chi connectivity index (χ2n) is 13.2. The monoisotopic (exact) mass is 569 g/mol. The van der Waals surface area contributed by atoms with E-state index in [0.29, 0.717) is 56.8 Å². The van der Waals surface area contributed by atoms with E-state index in [0.717, 1.165) is 50.6 Å². The minimum Gasteiger partial charge on any atom is -0.466 e. The van der Waals surface area contributed by atoms with E-state index in [9.17, 15) is 18.8 Å². The van der Waals surface area contributed by atoms with Crippen LogP contribution in [0.3, 0.4) is 0 Å². The van der Waals surface area contributed by atoms with Gasteiger partial charge in [0, 0.05) is 38.1 Å². The fourth-order valence-electron chi connectivity index (χ4n) is 8.33. The summed E-state index contributed by atoms with van der Waals surface area (Å²) in [6, 6.07) is 6.04. The SMILES string of the molecule is CCOC(=O)C1(C2CCCCC2)CCN(C(=O)[C@@H](Cc2ccc(F)cc2)NC(=O)C2C[C@H]3C[C@@H]2N(C(C)C)C3)CC1. The second kappa shape index (κ2) is 12.8. The van der Waals surface area contributed by atoms with Crippen molar-refractivity contribution in [1.29, 1.82) is 0 Å². The van der Waals surface area contributed by atoms with Gasteiger partial charge in [0.25, 0.3) is 0 Å². The molecule has 8 heteroatoms. The van der Waals surface area contributed by atoms with Crippen LogP contribution < -0.4 is 5.32 Å². The lowest BCUT2D eigenvalue weighted by Crippen LogP contribution is -2.57. The number of fused-ring (bicyclic) bond motifs is 2. The Bertz CT molecular complexity index is 1080. The molecule has 0 aromatic heterocycles. The topological polar surface area (TPSA) is 79.0 Å². The molecular weight excluding hydrogens is 521 g/mol. The van der Waals surface area contributed by atoms with Crippen molar-refractivity contribution in [3.8, 4) is 0 Å². The van der Waals surface area contributed by atoms with Gasteiger partial charge < -0.3 is 15.0 Å². The van der Waals surface area contributed by atoms with Crippen LogP contribution in [0.2, 0.25) is 0 Å². The van der Waals surface area contributed by atoms with Crippen LogP contribution in [0.1, 0.15) is 84.1 Å². The van der Waals surface area contributed by atoms with E-state index in [-0.39, 0.29) is 35.6 Å². The van der Waals surface area contributed by atoms with Crippen LogP contribution in [0, 0.1) is 29.0 Å². The zero-order chi connectivity index (χ0) is 29.1. The predicted octanol–water partition coefficient (Wildman–Crippen LogP) is 4.72. The van der Waals surface area contributed by atoms with E-state index in [1.165, 1.54) is 18.6 Å². The third-order valence-electron chi connectivity index (χ3n) is 10.5. The first-order chi connectivity index (χ1) is 19.7. The molecule has 1 N–H and O–H groups in total. The molecule has 2 saturated heterocycles. The summed E-state index contributed by atoms with van der Waals surface area (Å²) < 4.78 is 19.2. The Kier molecular flexibility index (Phi) is 9.37. The second-order valence-corrected chi connectivity index (χ2v) is 13.2. The molecule has 2 saturated carbocycles. The van der Waals surface area contributed by atoms with Gasteiger partial charge in [0.05, 0.1) is 17.9 Å². The van der Waals surface area contributed by atoms with Crippen LogP contribution in [0.25, 0.3) is 0 Å². The highest BCUT2D eigenvalue weighted by atomic mass is 19.1. The minimum atomic E-state index is -0.732. The number of hydrogen-bond donors (Lipinski definition) is 1. The maximum Gasteiger partial charge on any atom is 0.312 e. The van der Waals surface area contributed by atoms with E-state index >= 15 is 0 Å². The number of ether oxygens (including phenoxy) is 1. The molecule has 1 aromatic rings. The predicted molar refractivity (Wildman–Crippen MR) is 155 cm³/mol. The van der Waals surface area contributed by atoms with Gasteiger partial charge in [-0.05, 0) is 88.8 Å². The van der Waals surface area contributed by atoms with Crippen LogP contribution in [-0.4, -0.2) is 72.0 Å². The number of nitrogens with one attached hydrogen (secondary N) is 1. The Morgan fingerprint density at radius 1 is 1.05 bits per heavy atom. The lowest BCUT2D eigenvalue weighted by molar-refractivity contribution is -0.166. The maximum atomic E-state index is 14.0. The third kappa shape index (κ3) is 6.32. The molecule has 226 valence electrons. The first kappa shape index (κ1) is 30.0. The van der Waals surface area contributed by atoms with Crippen molar-refractivity contribution in [3.63, 3.8) is 0 Å². The molecule has 5 rings (SSSR count). The molecule has 4 fully saturated rings. The zero-order valence-corrected chi connectivity index (χ0v) is 25.1. The highest BCUT2D eigenvalue weighted by molar-refractivity contribution is 5.89. The van der Waals surface area contributed by atoms with Crippen LogP contribution >= 0.6 is 0 Å². The summed E-state index contributed by atoms with van der Waals surface area (Å²) in [6.07, 6.45) is 8.95. The summed E-state index contributed by atoms with van der Waals surface area (Å²) in [5.74, 6) is 0.0951. The molecule has 2 bridgehead atoms. The summed E-state index contributed by atoms with van der Waals surface area (Å²) in [4.78, 5) is 45.3. The number of rotatable bonds is 9. The number of benzene rings is 1. The number of nitrogens with zero attached hydrogens (tertiary/aromatic N) is 2. The Morgan fingerprint density at radius 2 is 1.73 bits per heavy atom. The normalized spacial score (nSPS) is 27.1. The first-order valence-corrected chi connectivity index (χ1v) is 16.0. The molecule has 2 aliphatic carbocycles. The number of carbonyl (C=O) groups is 3. The minimum absolute atomic E-state index is 0.0524. The van der Waals surface area contributed by atoms with E-state index in [4.69, 9.17) is 4.74 Å². The number of likely N-dealkylation sites (tertiary alicyclic amines) is 2. The Labute approximate surface area is 244 Å². The smallest absolute Gasteiger partial charge is 0.312 e. The van der Waals surface area contributed by atoms with Crippen molar-refractivity contribution in [2.75, 3.05) is 26.2 Å². The average Bonchev–Trinajstić information content (AvgIpc) is 3.60. The Morgan fingerprint density at radius 3 is 2.34 bits per heavy atom. The van der Waals surface area contributed by atoms with Crippen LogP contribution in [0.5, 0.6) is 0 Å². The van der Waals surface area contributed by atoms with E-state index in [2.05, 4.69) is 24.1 Å². The molecular formula is C33H48FN3O4. The van der Waals surface area contributed by atoms with Crippen LogP contribution in [0.15, 0.2) is 24.3 Å². The van der Waals surface area contributed by atoms with Gasteiger partial charge in [0.1, 0.15) is 11.9 Å². The molecule has 0 radical (unpaired) electrons. The van der Waals surface area contributed by atoms with E-state index < -0.39 is 11.5 Å². The van der Waals surface area contributed by atoms with Crippen molar-refractivity contribution in [1.82, 2.24) is 15.1 Å². The fourth-order valence-corrected chi connectivity index (χ4v) is 8.33. The number of piperidine rings is 2. The average molecular weight is 570 g/mol. The van der Waals surface area contributed by atoms with Gasteiger partial charge >= 0.3 is 5.97 Å². The molecule has 7 nitrogen and oxygen atoms in total. The molecule has 0 spiro atoms. The molecule has 1 aromatic carbocycles. The lowest BCUT2D eigenvalue weighted by Gasteiger charge is -2.46. The molecule has 1 unspecified atom stereocenters. The summed E-state index contributed by atoms with van der Waals surface area (Å²) in [6.45, 7) is 8.55. The van der Waals surface area contributed by atoms with Crippen molar-refractivity contribution in [2.24, 2.45) is 23.2 Å². The van der Waals surface area contributed by atoms with Gasteiger partial charge in [-0.2, -0.15) is 0 Å². The highest BCUT2D eigenvalue weighted by Gasteiger charge is 2.51. The van der Waals surface area contributed by atoms with Crippen molar-refractivity contribution in [3.05, 3.63) is 35.6 Å². The summed E-state index contributed by atoms with van der Waals surface area (Å²) in [7, 11) is 0. The lowest BCUT2D eigenvalue weighted by atomic mass is 9.63. The highest BCUT2D eigenvalue weighted by Crippen LogP contribution is 2.47. The largest absolute Gasteiger partial charge is 0.466 e. The molecule has 4 aliphatic rings. The summed E-state index contributed by atoms with van der Waals surface area (Å²) in [5.41, 5.74) is 0.272. The first-order valence-electron chi connectivity index (χ1n) is 16.0. The summed E-state index contributed by atoms with van der Waals surface area (Å²) in [5, 5.41) is 3.15. The van der Waals surface area contributed by atoms with Crippen molar-refractivity contribution in [2.45, 2.75) is 103 Å². The Balaban J connectivity index is 1.31. The van der Waals surface area contributed by atoms with Crippen LogP contribution in [-0.2, 0) is 25.5 Å². The Hall–Kier alpha value is -2.48. The number of hydrogen-bond acceptors (Lipinski definition) is 5. The molecule has 2 heterocycles. The molecule has 4 atom stereocenters. The number of carbonyl (C=O) groups excluding carboxylic acids is 3. The number of esters is 1.